The smallest absolute Gasteiger partial charge is 0.250 e. The highest BCUT2D eigenvalue weighted by Gasteiger charge is 2.23. The monoisotopic (exact) mass is 182 g/mol. The summed E-state index contributed by atoms with van der Waals surface area (Å²) in [5.74, 6) is 1.62. The molecule has 0 aliphatic carbocycles. The molecule has 3 nitrogen and oxygen atoms in total. The number of carbonyl (C=O) groups excluding carboxylic acids is 1. The molecular formula is C10H18N2O. The van der Waals surface area contributed by atoms with Crippen molar-refractivity contribution >= 4 is 11.7 Å². The molecule has 0 bridgehead atoms. The number of aliphatic imine (C=N–C) groups is 1. The van der Waals surface area contributed by atoms with E-state index in [-0.39, 0.29) is 11.9 Å². The van der Waals surface area contributed by atoms with Gasteiger partial charge in [-0.1, -0.05) is 20.8 Å². The zero-order chi connectivity index (χ0) is 9.84. The van der Waals surface area contributed by atoms with Gasteiger partial charge in [-0.05, 0) is 18.8 Å². The molecule has 0 spiro atoms. The largest absolute Gasteiger partial charge is 0.313 e. The van der Waals surface area contributed by atoms with Gasteiger partial charge in [0.1, 0.15) is 11.9 Å². The van der Waals surface area contributed by atoms with E-state index in [2.05, 4.69) is 24.2 Å². The molecule has 1 unspecified atom stereocenters. The number of hydrogen-bond acceptors (Lipinski definition) is 2. The molecule has 1 N–H and O–H groups in total. The van der Waals surface area contributed by atoms with Crippen LogP contribution in [0.15, 0.2) is 4.99 Å². The van der Waals surface area contributed by atoms with Gasteiger partial charge in [-0.3, -0.25) is 9.79 Å². The Bertz CT molecular complexity index is 221. The van der Waals surface area contributed by atoms with Crippen LogP contribution in [-0.2, 0) is 4.79 Å². The highest BCUT2D eigenvalue weighted by atomic mass is 16.2. The van der Waals surface area contributed by atoms with E-state index in [4.69, 9.17) is 0 Å². The van der Waals surface area contributed by atoms with Gasteiger partial charge >= 0.3 is 0 Å². The second-order valence-corrected chi connectivity index (χ2v) is 3.92. The van der Waals surface area contributed by atoms with E-state index in [0.29, 0.717) is 5.92 Å². The third-order valence-corrected chi connectivity index (χ3v) is 2.23. The summed E-state index contributed by atoms with van der Waals surface area (Å²) < 4.78 is 0. The highest BCUT2D eigenvalue weighted by Crippen LogP contribution is 2.10. The van der Waals surface area contributed by atoms with E-state index in [0.717, 1.165) is 25.1 Å². The van der Waals surface area contributed by atoms with Gasteiger partial charge in [0.25, 0.3) is 0 Å². The van der Waals surface area contributed by atoms with Crippen LogP contribution < -0.4 is 5.32 Å². The maximum atomic E-state index is 11.2. The van der Waals surface area contributed by atoms with Gasteiger partial charge in [-0.15, -0.1) is 0 Å². The molecule has 0 aromatic carbocycles. The van der Waals surface area contributed by atoms with Crippen LogP contribution >= 0.6 is 0 Å². The van der Waals surface area contributed by atoms with Crippen molar-refractivity contribution in [1.29, 1.82) is 0 Å². The van der Waals surface area contributed by atoms with Crippen molar-refractivity contribution in [3.8, 4) is 0 Å². The van der Waals surface area contributed by atoms with Gasteiger partial charge in [0.2, 0.25) is 5.91 Å². The topological polar surface area (TPSA) is 41.5 Å². The van der Waals surface area contributed by atoms with Crippen molar-refractivity contribution in [2.24, 2.45) is 10.9 Å². The van der Waals surface area contributed by atoms with Gasteiger partial charge in [0, 0.05) is 6.42 Å². The molecule has 1 heterocycles. The molecule has 1 aliphatic rings. The van der Waals surface area contributed by atoms with Crippen LogP contribution in [0.5, 0.6) is 0 Å². The summed E-state index contributed by atoms with van der Waals surface area (Å²) in [4.78, 5) is 15.6. The summed E-state index contributed by atoms with van der Waals surface area (Å²) in [6.45, 7) is 6.34. The second-order valence-electron chi connectivity index (χ2n) is 3.92. The Morgan fingerprint density at radius 1 is 1.54 bits per heavy atom. The molecule has 1 aliphatic heterocycles. The number of nitrogens with one attached hydrogen (secondary N) is 1. The lowest BCUT2D eigenvalue weighted by Gasteiger charge is -2.03. The SMILES string of the molecule is CCC1N=C(CCC(C)C)NC1=O. The van der Waals surface area contributed by atoms with Crippen LogP contribution in [0.25, 0.3) is 0 Å². The lowest BCUT2D eigenvalue weighted by Crippen LogP contribution is -2.28. The zero-order valence-corrected chi connectivity index (χ0v) is 8.63. The average Bonchev–Trinajstić information content (AvgIpc) is 2.43. The average molecular weight is 182 g/mol. The molecule has 3 heteroatoms. The molecule has 74 valence electrons. The Balaban J connectivity index is 2.40. The molecule has 0 saturated heterocycles. The van der Waals surface area contributed by atoms with Gasteiger partial charge < -0.3 is 5.32 Å². The first-order valence-corrected chi connectivity index (χ1v) is 5.01. The Morgan fingerprint density at radius 3 is 2.69 bits per heavy atom. The van der Waals surface area contributed by atoms with Gasteiger partial charge in [0.05, 0.1) is 0 Å². The number of nitrogens with zero attached hydrogens (tertiary/aromatic N) is 1. The minimum absolute atomic E-state index is 0.0706. The summed E-state index contributed by atoms with van der Waals surface area (Å²) >= 11 is 0. The quantitative estimate of drug-likeness (QED) is 0.706. The minimum Gasteiger partial charge on any atom is -0.313 e. The van der Waals surface area contributed by atoms with Crippen LogP contribution in [0, 0.1) is 5.92 Å². The summed E-state index contributed by atoms with van der Waals surface area (Å²) in [6.07, 6.45) is 2.80. The number of amides is 1. The molecule has 0 radical (unpaired) electrons. The molecule has 1 atom stereocenters. The van der Waals surface area contributed by atoms with Crippen LogP contribution in [0.1, 0.15) is 40.0 Å². The van der Waals surface area contributed by atoms with Crippen molar-refractivity contribution in [3.05, 3.63) is 0 Å². The number of rotatable bonds is 4. The first kappa shape index (κ1) is 10.2. The Kier molecular flexibility index (Phi) is 3.46. The summed E-state index contributed by atoms with van der Waals surface area (Å²) in [7, 11) is 0. The second kappa shape index (κ2) is 4.40. The van der Waals surface area contributed by atoms with E-state index in [1.807, 2.05) is 6.92 Å². The highest BCUT2D eigenvalue weighted by molar-refractivity contribution is 6.05. The van der Waals surface area contributed by atoms with Crippen LogP contribution in [0.3, 0.4) is 0 Å². The van der Waals surface area contributed by atoms with Crippen LogP contribution in [-0.4, -0.2) is 17.8 Å². The fourth-order valence-corrected chi connectivity index (χ4v) is 1.33. The lowest BCUT2D eigenvalue weighted by atomic mass is 10.1. The molecular weight excluding hydrogens is 164 g/mol. The standard InChI is InChI=1S/C10H18N2O/c1-4-8-10(13)12-9(11-8)6-5-7(2)3/h7-8H,4-6H2,1-3H3,(H,11,12,13). The number of hydrogen-bond donors (Lipinski definition) is 1. The van der Waals surface area contributed by atoms with Gasteiger partial charge in [-0.2, -0.15) is 0 Å². The molecule has 1 amide bonds. The van der Waals surface area contributed by atoms with Crippen molar-refractivity contribution in [3.63, 3.8) is 0 Å². The Labute approximate surface area is 79.6 Å². The van der Waals surface area contributed by atoms with E-state index in [1.165, 1.54) is 0 Å². The summed E-state index contributed by atoms with van der Waals surface area (Å²) in [5, 5.41) is 2.82. The summed E-state index contributed by atoms with van der Waals surface area (Å²) in [5.41, 5.74) is 0. The van der Waals surface area contributed by atoms with Crippen molar-refractivity contribution in [2.45, 2.75) is 46.1 Å². The number of carbonyl (C=O) groups is 1. The summed E-state index contributed by atoms with van der Waals surface area (Å²) in [6, 6.07) is -0.123. The third kappa shape index (κ3) is 2.83. The predicted octanol–water partition coefficient (Wildman–Crippen LogP) is 1.73. The van der Waals surface area contributed by atoms with Crippen molar-refractivity contribution in [1.82, 2.24) is 5.32 Å². The van der Waals surface area contributed by atoms with E-state index >= 15 is 0 Å². The maximum absolute atomic E-state index is 11.2. The first-order chi connectivity index (χ1) is 6.13. The Morgan fingerprint density at radius 2 is 2.23 bits per heavy atom. The van der Waals surface area contributed by atoms with Crippen LogP contribution in [0.4, 0.5) is 0 Å². The molecule has 0 fully saturated rings. The fourth-order valence-electron chi connectivity index (χ4n) is 1.33. The van der Waals surface area contributed by atoms with E-state index in [1.54, 1.807) is 0 Å². The van der Waals surface area contributed by atoms with E-state index in [9.17, 15) is 4.79 Å². The predicted molar refractivity (Wildman–Crippen MR) is 53.7 cm³/mol. The third-order valence-electron chi connectivity index (χ3n) is 2.23. The minimum atomic E-state index is -0.123. The normalized spacial score (nSPS) is 22.0. The fraction of sp³-hybridized carbons (Fsp3) is 0.800. The van der Waals surface area contributed by atoms with Crippen molar-refractivity contribution < 1.29 is 4.79 Å². The molecule has 0 aromatic heterocycles. The first-order valence-electron chi connectivity index (χ1n) is 5.01. The van der Waals surface area contributed by atoms with Crippen molar-refractivity contribution in [2.75, 3.05) is 0 Å². The Hall–Kier alpha value is -0.860. The zero-order valence-electron chi connectivity index (χ0n) is 8.63. The number of amidine groups is 1. The molecule has 0 aromatic rings. The molecule has 13 heavy (non-hydrogen) atoms. The van der Waals surface area contributed by atoms with Gasteiger partial charge in [0.15, 0.2) is 0 Å². The lowest BCUT2D eigenvalue weighted by molar-refractivity contribution is -0.120. The van der Waals surface area contributed by atoms with Crippen LogP contribution in [0.2, 0.25) is 0 Å². The van der Waals surface area contributed by atoms with Gasteiger partial charge in [-0.25, -0.2) is 0 Å². The maximum Gasteiger partial charge on any atom is 0.250 e. The molecule has 0 saturated carbocycles. The van der Waals surface area contributed by atoms with E-state index < -0.39 is 0 Å². The molecule has 1 rings (SSSR count).